The minimum Gasteiger partial charge on any atom is -0.356 e. The lowest BCUT2D eigenvalue weighted by Gasteiger charge is -2.22. The molecule has 1 fully saturated rings. The van der Waals surface area contributed by atoms with Crippen LogP contribution in [-0.4, -0.2) is 37.5 Å². The van der Waals surface area contributed by atoms with E-state index in [1.54, 1.807) is 0 Å². The lowest BCUT2D eigenvalue weighted by Crippen LogP contribution is -2.47. The summed E-state index contributed by atoms with van der Waals surface area (Å²) in [6.45, 7) is 4.05. The fourth-order valence-corrected chi connectivity index (χ4v) is 1.85. The number of hydrogen-bond acceptors (Lipinski definition) is 3. The van der Waals surface area contributed by atoms with Gasteiger partial charge in [-0.1, -0.05) is 13.3 Å². The maximum Gasteiger partial charge on any atom is 0.237 e. The standard InChI is InChI=1S/C12H23N3O2.ClH/c1-2-7-14-11(16)6-9-15-12(17)10-5-3-4-8-13-10;/h10,13H,2-9H2,1H3,(H,14,16)(H,15,17);1H/t10-;/m1./s1. The summed E-state index contributed by atoms with van der Waals surface area (Å²) >= 11 is 0. The average molecular weight is 278 g/mol. The molecular weight excluding hydrogens is 254 g/mol. The van der Waals surface area contributed by atoms with Crippen LogP contribution in [0.1, 0.15) is 39.0 Å². The van der Waals surface area contributed by atoms with Crippen LogP contribution in [0.3, 0.4) is 0 Å². The molecule has 0 radical (unpaired) electrons. The number of rotatable bonds is 6. The van der Waals surface area contributed by atoms with Gasteiger partial charge in [0.15, 0.2) is 0 Å². The summed E-state index contributed by atoms with van der Waals surface area (Å²) in [5.74, 6) is 0.0248. The van der Waals surface area contributed by atoms with Gasteiger partial charge in [0, 0.05) is 19.5 Å². The average Bonchev–Trinajstić information content (AvgIpc) is 2.37. The van der Waals surface area contributed by atoms with E-state index in [0.717, 1.165) is 32.2 Å². The highest BCUT2D eigenvalue weighted by Crippen LogP contribution is 2.06. The Hall–Kier alpha value is -0.810. The van der Waals surface area contributed by atoms with Crippen LogP contribution in [0.15, 0.2) is 0 Å². The van der Waals surface area contributed by atoms with Crippen molar-refractivity contribution in [3.63, 3.8) is 0 Å². The second-order valence-corrected chi connectivity index (χ2v) is 4.39. The fourth-order valence-electron chi connectivity index (χ4n) is 1.85. The smallest absolute Gasteiger partial charge is 0.237 e. The second kappa shape index (κ2) is 10.1. The molecule has 0 aliphatic carbocycles. The summed E-state index contributed by atoms with van der Waals surface area (Å²) in [6.07, 6.45) is 4.43. The van der Waals surface area contributed by atoms with Gasteiger partial charge in [0.2, 0.25) is 11.8 Å². The van der Waals surface area contributed by atoms with Crippen LogP contribution < -0.4 is 16.0 Å². The predicted octanol–water partition coefficient (Wildman–Crippen LogP) is 0.583. The SMILES string of the molecule is CCCNC(=O)CCNC(=O)[C@H]1CCCCN1.Cl. The topological polar surface area (TPSA) is 70.2 Å². The monoisotopic (exact) mass is 277 g/mol. The molecule has 1 saturated heterocycles. The van der Waals surface area contributed by atoms with Crippen LogP contribution in [0.5, 0.6) is 0 Å². The van der Waals surface area contributed by atoms with Crippen molar-refractivity contribution in [3.05, 3.63) is 0 Å². The zero-order valence-electron chi connectivity index (χ0n) is 11.0. The Morgan fingerprint density at radius 2 is 2.00 bits per heavy atom. The quantitative estimate of drug-likeness (QED) is 0.665. The molecule has 6 heteroatoms. The summed E-state index contributed by atoms with van der Waals surface area (Å²) in [7, 11) is 0. The molecule has 1 atom stereocenters. The normalized spacial score (nSPS) is 18.6. The van der Waals surface area contributed by atoms with E-state index in [-0.39, 0.29) is 30.3 Å². The Morgan fingerprint density at radius 1 is 1.22 bits per heavy atom. The summed E-state index contributed by atoms with van der Waals surface area (Å²) in [5, 5.41) is 8.76. The van der Waals surface area contributed by atoms with E-state index >= 15 is 0 Å². The maximum atomic E-state index is 11.7. The van der Waals surface area contributed by atoms with E-state index in [1.807, 2.05) is 6.92 Å². The molecule has 18 heavy (non-hydrogen) atoms. The molecule has 0 aromatic heterocycles. The van der Waals surface area contributed by atoms with Crippen molar-refractivity contribution in [3.8, 4) is 0 Å². The largest absolute Gasteiger partial charge is 0.356 e. The Labute approximate surface area is 115 Å². The van der Waals surface area contributed by atoms with E-state index < -0.39 is 0 Å². The molecule has 0 spiro atoms. The molecule has 106 valence electrons. The third-order valence-electron chi connectivity index (χ3n) is 2.85. The Balaban J connectivity index is 0.00000289. The molecule has 2 amide bonds. The minimum atomic E-state index is -0.0672. The summed E-state index contributed by atoms with van der Waals surface area (Å²) < 4.78 is 0. The number of carbonyl (C=O) groups is 2. The molecule has 0 aromatic rings. The van der Waals surface area contributed by atoms with Gasteiger partial charge in [-0.05, 0) is 25.8 Å². The third-order valence-corrected chi connectivity index (χ3v) is 2.85. The number of nitrogens with one attached hydrogen (secondary N) is 3. The number of amides is 2. The van der Waals surface area contributed by atoms with Crippen molar-refractivity contribution in [1.82, 2.24) is 16.0 Å². The van der Waals surface area contributed by atoms with Crippen molar-refractivity contribution in [2.45, 2.75) is 45.1 Å². The second-order valence-electron chi connectivity index (χ2n) is 4.39. The van der Waals surface area contributed by atoms with Crippen LogP contribution in [0, 0.1) is 0 Å². The molecule has 0 unspecified atom stereocenters. The predicted molar refractivity (Wildman–Crippen MR) is 73.8 cm³/mol. The first-order chi connectivity index (χ1) is 8.24. The number of carbonyl (C=O) groups excluding carboxylic acids is 2. The molecule has 3 N–H and O–H groups in total. The van der Waals surface area contributed by atoms with Crippen LogP contribution in [-0.2, 0) is 9.59 Å². The zero-order chi connectivity index (χ0) is 12.5. The van der Waals surface area contributed by atoms with Gasteiger partial charge in [-0.3, -0.25) is 9.59 Å². The van der Waals surface area contributed by atoms with Crippen molar-refractivity contribution in [2.75, 3.05) is 19.6 Å². The van der Waals surface area contributed by atoms with E-state index in [1.165, 1.54) is 0 Å². The maximum absolute atomic E-state index is 11.7. The van der Waals surface area contributed by atoms with Crippen LogP contribution >= 0.6 is 12.4 Å². The van der Waals surface area contributed by atoms with Crippen molar-refractivity contribution in [2.24, 2.45) is 0 Å². The van der Waals surface area contributed by atoms with Gasteiger partial charge in [-0.25, -0.2) is 0 Å². The summed E-state index contributed by atoms with van der Waals surface area (Å²) in [6, 6.07) is -0.0672. The molecule has 0 aromatic carbocycles. The van der Waals surface area contributed by atoms with Gasteiger partial charge in [0.25, 0.3) is 0 Å². The van der Waals surface area contributed by atoms with E-state index in [0.29, 0.717) is 19.5 Å². The number of piperidine rings is 1. The Morgan fingerprint density at radius 3 is 2.61 bits per heavy atom. The van der Waals surface area contributed by atoms with Crippen LogP contribution in [0.4, 0.5) is 0 Å². The Kier molecular flexibility index (Phi) is 9.69. The van der Waals surface area contributed by atoms with E-state index in [9.17, 15) is 9.59 Å². The van der Waals surface area contributed by atoms with E-state index in [4.69, 9.17) is 0 Å². The lowest BCUT2D eigenvalue weighted by molar-refractivity contribution is -0.124. The minimum absolute atomic E-state index is 0. The molecule has 0 saturated carbocycles. The Bertz CT molecular complexity index is 256. The lowest BCUT2D eigenvalue weighted by atomic mass is 10.0. The number of halogens is 1. The van der Waals surface area contributed by atoms with Crippen molar-refractivity contribution >= 4 is 24.2 Å². The molecule has 1 aliphatic heterocycles. The van der Waals surface area contributed by atoms with Gasteiger partial charge in [0.1, 0.15) is 0 Å². The van der Waals surface area contributed by atoms with Gasteiger partial charge in [0.05, 0.1) is 6.04 Å². The first kappa shape index (κ1) is 17.2. The van der Waals surface area contributed by atoms with Crippen molar-refractivity contribution in [1.29, 1.82) is 0 Å². The highest BCUT2D eigenvalue weighted by molar-refractivity contribution is 5.85. The molecule has 1 aliphatic rings. The third kappa shape index (κ3) is 6.81. The van der Waals surface area contributed by atoms with E-state index in [2.05, 4.69) is 16.0 Å². The number of hydrogen-bond donors (Lipinski definition) is 3. The zero-order valence-corrected chi connectivity index (χ0v) is 11.8. The highest BCUT2D eigenvalue weighted by Gasteiger charge is 2.19. The highest BCUT2D eigenvalue weighted by atomic mass is 35.5. The van der Waals surface area contributed by atoms with Crippen molar-refractivity contribution < 1.29 is 9.59 Å². The molecule has 0 bridgehead atoms. The fraction of sp³-hybridized carbons (Fsp3) is 0.833. The molecular formula is C12H24ClN3O2. The molecule has 5 nitrogen and oxygen atoms in total. The van der Waals surface area contributed by atoms with Gasteiger partial charge in [-0.2, -0.15) is 0 Å². The van der Waals surface area contributed by atoms with Crippen LogP contribution in [0.2, 0.25) is 0 Å². The first-order valence-electron chi connectivity index (χ1n) is 6.52. The first-order valence-corrected chi connectivity index (χ1v) is 6.52. The van der Waals surface area contributed by atoms with Gasteiger partial charge in [-0.15, -0.1) is 12.4 Å². The summed E-state index contributed by atoms with van der Waals surface area (Å²) in [5.41, 5.74) is 0. The van der Waals surface area contributed by atoms with Gasteiger partial charge < -0.3 is 16.0 Å². The molecule has 1 heterocycles. The summed E-state index contributed by atoms with van der Waals surface area (Å²) in [4.78, 5) is 23.0. The van der Waals surface area contributed by atoms with Crippen LogP contribution in [0.25, 0.3) is 0 Å². The van der Waals surface area contributed by atoms with Gasteiger partial charge >= 0.3 is 0 Å². The molecule has 1 rings (SSSR count).